The van der Waals surface area contributed by atoms with Gasteiger partial charge < -0.3 is 0 Å². The second kappa shape index (κ2) is 8.71. The number of hydrogen-bond donors (Lipinski definition) is 0. The average molecular weight is 584 g/mol. The predicted molar refractivity (Wildman–Crippen MR) is 185 cm³/mol. The van der Waals surface area contributed by atoms with Gasteiger partial charge in [-0.25, -0.2) is 9.97 Å². The first kappa shape index (κ1) is 23.5. The molecule has 0 atom stereocenters. The molecular weight excluding hydrogens is 563 g/mol. The minimum Gasteiger partial charge on any atom is -0.275 e. The summed E-state index contributed by atoms with van der Waals surface area (Å²) in [6, 6.07) is 45.5. The molecule has 0 spiro atoms. The van der Waals surface area contributed by atoms with E-state index in [-0.39, 0.29) is 0 Å². The molecule has 3 nitrogen and oxygen atoms in total. The average Bonchev–Trinajstić information content (AvgIpc) is 3.74. The van der Waals surface area contributed by atoms with Crippen molar-refractivity contribution in [2.75, 3.05) is 0 Å². The topological polar surface area (TPSA) is 30.7 Å². The molecule has 43 heavy (non-hydrogen) atoms. The summed E-state index contributed by atoms with van der Waals surface area (Å²) in [6.45, 7) is 0. The van der Waals surface area contributed by atoms with Gasteiger partial charge in [0.05, 0.1) is 31.6 Å². The van der Waals surface area contributed by atoms with Crippen LogP contribution in [0, 0.1) is 0 Å². The van der Waals surface area contributed by atoms with Gasteiger partial charge in [0.15, 0.2) is 0 Å². The quantitative estimate of drug-likeness (QED) is 0.203. The van der Waals surface area contributed by atoms with E-state index in [2.05, 4.69) is 132 Å². The highest BCUT2D eigenvalue weighted by atomic mass is 32.1. The van der Waals surface area contributed by atoms with Gasteiger partial charge in [-0.05, 0) is 18.2 Å². The highest BCUT2D eigenvalue weighted by Crippen LogP contribution is 2.47. The lowest BCUT2D eigenvalue weighted by atomic mass is 10.1. The third-order valence-corrected chi connectivity index (χ3v) is 11.0. The van der Waals surface area contributed by atoms with E-state index in [1.807, 2.05) is 22.7 Å². The Kier molecular flexibility index (Phi) is 4.75. The van der Waals surface area contributed by atoms with Crippen molar-refractivity contribution in [3.63, 3.8) is 0 Å². The standard InChI is InChI=1S/C38H21N3S2/c1-2-10-22(11-3-1)33-29-14-4-7-15-30(29)39-38(40-33)41-34-25(18-20-27-23-12-5-8-16-31(23)42-36(27)34)26-19-21-28-24-13-6-9-17-32(24)43-37(28)35(26)41/h1-21H. The first-order valence-electron chi connectivity index (χ1n) is 14.3. The highest BCUT2D eigenvalue weighted by molar-refractivity contribution is 7.27. The van der Waals surface area contributed by atoms with Crippen molar-refractivity contribution < 1.29 is 0 Å². The molecule has 0 aliphatic rings. The minimum absolute atomic E-state index is 0.701. The van der Waals surface area contributed by atoms with E-state index in [1.165, 1.54) is 62.2 Å². The summed E-state index contributed by atoms with van der Waals surface area (Å²) in [5.74, 6) is 0.701. The number of benzene rings is 6. The predicted octanol–water partition coefficient (Wildman–Crippen LogP) is 11.1. The third-order valence-electron chi connectivity index (χ3n) is 8.62. The van der Waals surface area contributed by atoms with Crippen LogP contribution in [0.4, 0.5) is 0 Å². The second-order valence-electron chi connectivity index (χ2n) is 11.0. The molecule has 0 aliphatic carbocycles. The van der Waals surface area contributed by atoms with Crippen LogP contribution in [0.1, 0.15) is 0 Å². The van der Waals surface area contributed by atoms with Crippen molar-refractivity contribution in [2.45, 2.75) is 0 Å². The van der Waals surface area contributed by atoms with Gasteiger partial charge in [-0.3, -0.25) is 4.57 Å². The van der Waals surface area contributed by atoms with Crippen LogP contribution in [-0.2, 0) is 0 Å². The third kappa shape index (κ3) is 3.23. The van der Waals surface area contributed by atoms with Crippen LogP contribution in [0.15, 0.2) is 127 Å². The fourth-order valence-corrected chi connectivity index (χ4v) is 9.20. The monoisotopic (exact) mass is 583 g/mol. The maximum atomic E-state index is 5.40. The number of thiophene rings is 2. The highest BCUT2D eigenvalue weighted by Gasteiger charge is 2.23. The minimum atomic E-state index is 0.701. The summed E-state index contributed by atoms with van der Waals surface area (Å²) in [6.07, 6.45) is 0. The molecule has 10 aromatic rings. The van der Waals surface area contributed by atoms with Gasteiger partial charge in [-0.15, -0.1) is 22.7 Å². The molecule has 0 saturated carbocycles. The number of para-hydroxylation sites is 1. The van der Waals surface area contributed by atoms with Crippen LogP contribution in [0.25, 0.3) is 90.3 Å². The Morgan fingerprint density at radius 1 is 0.419 bits per heavy atom. The lowest BCUT2D eigenvalue weighted by Gasteiger charge is -2.12. The number of hydrogen-bond acceptors (Lipinski definition) is 4. The van der Waals surface area contributed by atoms with Crippen molar-refractivity contribution in [2.24, 2.45) is 0 Å². The van der Waals surface area contributed by atoms with Crippen molar-refractivity contribution in [1.29, 1.82) is 0 Å². The molecule has 5 heteroatoms. The molecule has 0 fully saturated rings. The summed E-state index contributed by atoms with van der Waals surface area (Å²) in [5.41, 5.74) is 5.32. The fraction of sp³-hybridized carbons (Fsp3) is 0. The fourth-order valence-electron chi connectivity index (χ4n) is 6.72. The first-order valence-corrected chi connectivity index (χ1v) is 16.0. The van der Waals surface area contributed by atoms with Crippen molar-refractivity contribution in [1.82, 2.24) is 14.5 Å². The summed E-state index contributed by atoms with van der Waals surface area (Å²) < 4.78 is 7.47. The Bertz CT molecular complexity index is 2600. The van der Waals surface area contributed by atoms with E-state index < -0.39 is 0 Å². The molecule has 0 N–H and O–H groups in total. The normalized spacial score (nSPS) is 12.2. The van der Waals surface area contributed by atoms with E-state index in [4.69, 9.17) is 9.97 Å². The maximum Gasteiger partial charge on any atom is 0.235 e. The lowest BCUT2D eigenvalue weighted by molar-refractivity contribution is 1.02. The summed E-state index contributed by atoms with van der Waals surface area (Å²) in [5, 5.41) is 8.63. The van der Waals surface area contributed by atoms with Crippen LogP contribution < -0.4 is 0 Å². The van der Waals surface area contributed by atoms with Gasteiger partial charge >= 0.3 is 0 Å². The Hall–Kier alpha value is -5.10. The molecule has 0 amide bonds. The molecule has 0 bridgehead atoms. The summed E-state index contributed by atoms with van der Waals surface area (Å²) >= 11 is 3.71. The van der Waals surface area contributed by atoms with Crippen LogP contribution in [0.2, 0.25) is 0 Å². The summed E-state index contributed by atoms with van der Waals surface area (Å²) in [4.78, 5) is 10.7. The van der Waals surface area contributed by atoms with Gasteiger partial charge in [0.25, 0.3) is 0 Å². The Morgan fingerprint density at radius 3 is 1.56 bits per heavy atom. The number of rotatable bonds is 2. The van der Waals surface area contributed by atoms with Crippen LogP contribution in [0.5, 0.6) is 0 Å². The molecule has 4 heterocycles. The van der Waals surface area contributed by atoms with E-state index in [0.29, 0.717) is 5.95 Å². The molecule has 0 saturated heterocycles. The number of aromatic nitrogens is 3. The maximum absolute atomic E-state index is 5.40. The van der Waals surface area contributed by atoms with E-state index in [0.717, 1.165) is 22.2 Å². The second-order valence-corrected chi connectivity index (χ2v) is 13.1. The van der Waals surface area contributed by atoms with E-state index >= 15 is 0 Å². The number of nitrogens with zero attached hydrogens (tertiary/aromatic N) is 3. The zero-order valence-electron chi connectivity index (χ0n) is 22.8. The van der Waals surface area contributed by atoms with E-state index in [1.54, 1.807) is 0 Å². The lowest BCUT2D eigenvalue weighted by Crippen LogP contribution is -2.03. The molecule has 10 rings (SSSR count). The molecule has 0 aliphatic heterocycles. The SMILES string of the molecule is c1ccc(-c2nc(-n3c4c(ccc5c6ccccc6sc54)c4ccc5c6ccccc6sc5c43)nc3ccccc23)cc1. The summed E-state index contributed by atoms with van der Waals surface area (Å²) in [7, 11) is 0. The van der Waals surface area contributed by atoms with Crippen molar-refractivity contribution in [3.05, 3.63) is 127 Å². The zero-order valence-corrected chi connectivity index (χ0v) is 24.4. The number of fused-ring (bicyclic) bond motifs is 12. The van der Waals surface area contributed by atoms with Crippen LogP contribution in [-0.4, -0.2) is 14.5 Å². The Balaban J connectivity index is 1.45. The molecule has 0 radical (unpaired) electrons. The van der Waals surface area contributed by atoms with Gasteiger partial charge in [-0.1, -0.05) is 109 Å². The largest absolute Gasteiger partial charge is 0.275 e. The van der Waals surface area contributed by atoms with Gasteiger partial charge in [0.2, 0.25) is 5.95 Å². The van der Waals surface area contributed by atoms with Crippen LogP contribution in [0.3, 0.4) is 0 Å². The Labute approximate surface area is 253 Å². The molecule has 4 aromatic heterocycles. The zero-order chi connectivity index (χ0) is 28.1. The van der Waals surface area contributed by atoms with Gasteiger partial charge in [0, 0.05) is 52.7 Å². The molecular formula is C38H21N3S2. The van der Waals surface area contributed by atoms with E-state index in [9.17, 15) is 0 Å². The first-order chi connectivity index (χ1) is 21.3. The van der Waals surface area contributed by atoms with Crippen molar-refractivity contribution in [3.8, 4) is 17.2 Å². The van der Waals surface area contributed by atoms with Crippen LogP contribution >= 0.6 is 22.7 Å². The molecule has 6 aromatic carbocycles. The van der Waals surface area contributed by atoms with Crippen molar-refractivity contribution >= 4 is 95.7 Å². The van der Waals surface area contributed by atoms with Gasteiger partial charge in [0.1, 0.15) is 0 Å². The Morgan fingerprint density at radius 2 is 0.930 bits per heavy atom. The van der Waals surface area contributed by atoms with Gasteiger partial charge in [-0.2, -0.15) is 0 Å². The molecule has 0 unspecified atom stereocenters. The smallest absolute Gasteiger partial charge is 0.235 e. The molecule has 200 valence electrons.